The van der Waals surface area contributed by atoms with Gasteiger partial charge in [0.2, 0.25) is 0 Å². The van der Waals surface area contributed by atoms with Crippen molar-refractivity contribution in [2.45, 2.75) is 25.5 Å². The van der Waals surface area contributed by atoms with Gasteiger partial charge < -0.3 is 10.0 Å². The lowest BCUT2D eigenvalue weighted by Crippen LogP contribution is -2.52. The summed E-state index contributed by atoms with van der Waals surface area (Å²) in [6.45, 7) is 6.33. The van der Waals surface area contributed by atoms with Gasteiger partial charge in [-0.3, -0.25) is 4.90 Å². The Morgan fingerprint density at radius 2 is 1.66 bits per heavy atom. The standard InChI is InChI=1S/C24H25Cl3N4O/c1-16-28-12-18(13-29-16)24(2,32)15-30-9-10-31(22-8-7-20(26)11-21(22)27)23(14-30)17-3-5-19(25)6-4-17/h3-8,11-13,23,32H,9-10,14-15H2,1-2H3/t23-,24+/m0/s1. The second kappa shape index (κ2) is 9.54. The van der Waals surface area contributed by atoms with Crippen molar-refractivity contribution in [3.05, 3.63) is 86.9 Å². The Morgan fingerprint density at radius 1 is 1.00 bits per heavy atom. The molecule has 4 rings (SSSR count). The Kier molecular flexibility index (Phi) is 6.94. The molecule has 168 valence electrons. The molecule has 1 aliphatic heterocycles. The fourth-order valence-corrected chi connectivity index (χ4v) is 4.80. The SMILES string of the molecule is Cc1ncc([C@](C)(O)CN2CCN(c3ccc(Cl)cc3Cl)[C@H](c3ccc(Cl)cc3)C2)cn1. The summed E-state index contributed by atoms with van der Waals surface area (Å²) in [5, 5.41) is 13.1. The van der Waals surface area contributed by atoms with Gasteiger partial charge >= 0.3 is 0 Å². The normalized spacial score (nSPS) is 19.1. The minimum Gasteiger partial charge on any atom is -0.384 e. The van der Waals surface area contributed by atoms with Gasteiger partial charge in [-0.2, -0.15) is 0 Å². The molecule has 1 saturated heterocycles. The molecule has 0 bridgehead atoms. The molecule has 32 heavy (non-hydrogen) atoms. The molecule has 1 N–H and O–H groups in total. The maximum atomic E-state index is 11.2. The first-order valence-corrected chi connectivity index (χ1v) is 11.6. The number of anilines is 1. The highest BCUT2D eigenvalue weighted by Gasteiger charge is 2.34. The second-order valence-corrected chi connectivity index (χ2v) is 9.66. The van der Waals surface area contributed by atoms with Gasteiger partial charge in [0, 0.05) is 54.2 Å². The van der Waals surface area contributed by atoms with Crippen molar-refractivity contribution in [3.8, 4) is 0 Å². The van der Waals surface area contributed by atoms with Crippen LogP contribution in [0.1, 0.15) is 29.9 Å². The third-order valence-electron chi connectivity index (χ3n) is 5.87. The van der Waals surface area contributed by atoms with Crippen molar-refractivity contribution < 1.29 is 5.11 Å². The van der Waals surface area contributed by atoms with Gasteiger partial charge in [0.05, 0.1) is 16.8 Å². The fraction of sp³-hybridized carbons (Fsp3) is 0.333. The Bertz CT molecular complexity index is 1070. The van der Waals surface area contributed by atoms with Crippen LogP contribution in [0.15, 0.2) is 54.9 Å². The average molecular weight is 492 g/mol. The smallest absolute Gasteiger partial charge is 0.125 e. The zero-order valence-electron chi connectivity index (χ0n) is 18.0. The first-order chi connectivity index (χ1) is 15.2. The summed E-state index contributed by atoms with van der Waals surface area (Å²) >= 11 is 18.8. The van der Waals surface area contributed by atoms with Crippen molar-refractivity contribution in [2.24, 2.45) is 0 Å². The number of aliphatic hydroxyl groups is 1. The maximum Gasteiger partial charge on any atom is 0.125 e. The first-order valence-electron chi connectivity index (χ1n) is 10.4. The number of nitrogens with zero attached hydrogens (tertiary/aromatic N) is 4. The van der Waals surface area contributed by atoms with Gasteiger partial charge in [-0.15, -0.1) is 0 Å². The third kappa shape index (κ3) is 5.19. The second-order valence-electron chi connectivity index (χ2n) is 8.38. The summed E-state index contributed by atoms with van der Waals surface area (Å²) in [6.07, 6.45) is 3.39. The highest BCUT2D eigenvalue weighted by atomic mass is 35.5. The van der Waals surface area contributed by atoms with E-state index >= 15 is 0 Å². The van der Waals surface area contributed by atoms with E-state index in [-0.39, 0.29) is 6.04 Å². The number of hydrogen-bond donors (Lipinski definition) is 1. The molecule has 0 unspecified atom stereocenters. The molecule has 5 nitrogen and oxygen atoms in total. The van der Waals surface area contributed by atoms with E-state index in [0.717, 1.165) is 24.3 Å². The van der Waals surface area contributed by atoms with E-state index < -0.39 is 5.60 Å². The van der Waals surface area contributed by atoms with Crippen LogP contribution in [0, 0.1) is 6.92 Å². The van der Waals surface area contributed by atoms with Crippen LogP contribution < -0.4 is 4.90 Å². The van der Waals surface area contributed by atoms with E-state index in [2.05, 4.69) is 19.8 Å². The molecule has 0 saturated carbocycles. The zero-order chi connectivity index (χ0) is 22.9. The molecule has 0 radical (unpaired) electrons. The fourth-order valence-electron chi connectivity index (χ4n) is 4.15. The van der Waals surface area contributed by atoms with Crippen LogP contribution in [0.4, 0.5) is 5.69 Å². The monoisotopic (exact) mass is 490 g/mol. The highest BCUT2D eigenvalue weighted by Crippen LogP contribution is 2.37. The number of benzene rings is 2. The Balaban J connectivity index is 1.61. The maximum absolute atomic E-state index is 11.2. The summed E-state index contributed by atoms with van der Waals surface area (Å²) in [7, 11) is 0. The summed E-state index contributed by atoms with van der Waals surface area (Å²) < 4.78 is 0. The lowest BCUT2D eigenvalue weighted by atomic mass is 9.96. The molecule has 2 aromatic carbocycles. The molecule has 1 fully saturated rings. The van der Waals surface area contributed by atoms with Gasteiger partial charge in [0.15, 0.2) is 0 Å². The first kappa shape index (κ1) is 23.3. The topological polar surface area (TPSA) is 52.5 Å². The van der Waals surface area contributed by atoms with E-state index in [1.54, 1.807) is 25.4 Å². The largest absolute Gasteiger partial charge is 0.384 e. The van der Waals surface area contributed by atoms with Crippen molar-refractivity contribution in [3.63, 3.8) is 0 Å². The van der Waals surface area contributed by atoms with Gasteiger partial charge in [0.1, 0.15) is 11.4 Å². The van der Waals surface area contributed by atoms with Crippen LogP contribution in [-0.2, 0) is 5.60 Å². The zero-order valence-corrected chi connectivity index (χ0v) is 20.2. The average Bonchev–Trinajstić information content (AvgIpc) is 2.75. The van der Waals surface area contributed by atoms with Crippen molar-refractivity contribution in [1.82, 2.24) is 14.9 Å². The van der Waals surface area contributed by atoms with Crippen LogP contribution in [0.5, 0.6) is 0 Å². The van der Waals surface area contributed by atoms with E-state index in [0.29, 0.717) is 39.5 Å². The quantitative estimate of drug-likeness (QED) is 0.509. The van der Waals surface area contributed by atoms with E-state index in [9.17, 15) is 5.11 Å². The van der Waals surface area contributed by atoms with Crippen molar-refractivity contribution >= 4 is 40.5 Å². The molecule has 1 aliphatic rings. The van der Waals surface area contributed by atoms with Crippen LogP contribution in [0.25, 0.3) is 0 Å². The minimum atomic E-state index is -1.07. The summed E-state index contributed by atoms with van der Waals surface area (Å²) in [6, 6.07) is 13.5. The summed E-state index contributed by atoms with van der Waals surface area (Å²) in [4.78, 5) is 13.0. The Hall–Kier alpha value is -1.89. The number of rotatable bonds is 5. The van der Waals surface area contributed by atoms with Crippen LogP contribution >= 0.6 is 34.8 Å². The molecule has 0 spiro atoms. The molecule has 2 atom stereocenters. The van der Waals surface area contributed by atoms with Crippen molar-refractivity contribution in [1.29, 1.82) is 0 Å². The molecule has 0 amide bonds. The molecule has 3 aromatic rings. The molecule has 1 aromatic heterocycles. The number of aromatic nitrogens is 2. The van der Waals surface area contributed by atoms with Gasteiger partial charge in [0.25, 0.3) is 0 Å². The van der Waals surface area contributed by atoms with Gasteiger partial charge in [-0.1, -0.05) is 46.9 Å². The molecular formula is C24H25Cl3N4O. The Morgan fingerprint density at radius 3 is 2.31 bits per heavy atom. The van der Waals surface area contributed by atoms with Crippen LogP contribution in [0.3, 0.4) is 0 Å². The number of piperazine rings is 1. The molecule has 2 heterocycles. The number of hydrogen-bond acceptors (Lipinski definition) is 5. The number of β-amino-alcohol motifs (C(OH)–C–C–N with tert-alkyl or cyclic N) is 1. The lowest BCUT2D eigenvalue weighted by molar-refractivity contribution is 0.00971. The Labute approximate surface area is 203 Å². The van der Waals surface area contributed by atoms with Crippen LogP contribution in [-0.4, -0.2) is 46.2 Å². The number of aryl methyl sites for hydroxylation is 1. The van der Waals surface area contributed by atoms with E-state index in [1.807, 2.05) is 43.3 Å². The van der Waals surface area contributed by atoms with Gasteiger partial charge in [-0.05, 0) is 49.7 Å². The molecule has 8 heteroatoms. The lowest BCUT2D eigenvalue weighted by Gasteiger charge is -2.45. The highest BCUT2D eigenvalue weighted by molar-refractivity contribution is 6.36. The third-order valence-corrected chi connectivity index (χ3v) is 6.66. The van der Waals surface area contributed by atoms with Crippen LogP contribution in [0.2, 0.25) is 15.1 Å². The van der Waals surface area contributed by atoms with E-state index in [4.69, 9.17) is 34.8 Å². The summed E-state index contributed by atoms with van der Waals surface area (Å²) in [5.41, 5.74) is 1.70. The minimum absolute atomic E-state index is 0.0322. The van der Waals surface area contributed by atoms with Crippen molar-refractivity contribution in [2.75, 3.05) is 31.1 Å². The summed E-state index contributed by atoms with van der Waals surface area (Å²) in [5.74, 6) is 0.681. The van der Waals surface area contributed by atoms with Gasteiger partial charge in [-0.25, -0.2) is 9.97 Å². The molecular weight excluding hydrogens is 467 g/mol. The predicted molar refractivity (Wildman–Crippen MR) is 131 cm³/mol. The predicted octanol–water partition coefficient (Wildman–Crippen LogP) is 5.52. The number of halogens is 3. The van der Waals surface area contributed by atoms with E-state index in [1.165, 1.54) is 0 Å². The molecule has 0 aliphatic carbocycles.